The first-order valence-corrected chi connectivity index (χ1v) is 7.82. The molecule has 0 radical (unpaired) electrons. The van der Waals surface area contributed by atoms with Crippen LogP contribution in [0.3, 0.4) is 0 Å². The second-order valence-corrected chi connectivity index (χ2v) is 7.63. The predicted molar refractivity (Wildman–Crippen MR) is 87.6 cm³/mol. The molecule has 2 nitrogen and oxygen atoms in total. The van der Waals surface area contributed by atoms with E-state index in [0.717, 1.165) is 28.4 Å². The van der Waals surface area contributed by atoms with Crippen LogP contribution in [0.15, 0.2) is 18.2 Å². The van der Waals surface area contributed by atoms with Crippen molar-refractivity contribution in [3.63, 3.8) is 0 Å². The Morgan fingerprint density at radius 1 is 1.25 bits per heavy atom. The summed E-state index contributed by atoms with van der Waals surface area (Å²) in [5.74, 6) is 1.39. The third kappa shape index (κ3) is 2.96. The van der Waals surface area contributed by atoms with Crippen molar-refractivity contribution in [2.75, 3.05) is 0 Å². The Kier molecular flexibility index (Phi) is 4.36. The SMILES string of the molecule is CC(Cl)c1nc2cccc(Cl)c2n1CC(C)C(C)(C)C. The van der Waals surface area contributed by atoms with Crippen LogP contribution in [0.2, 0.25) is 5.02 Å². The monoisotopic (exact) mass is 312 g/mol. The number of nitrogens with zero attached hydrogens (tertiary/aromatic N) is 2. The summed E-state index contributed by atoms with van der Waals surface area (Å²) in [4.78, 5) is 4.65. The molecule has 0 fully saturated rings. The predicted octanol–water partition coefficient (Wildman–Crippen LogP) is 5.67. The molecule has 0 N–H and O–H groups in total. The average molecular weight is 313 g/mol. The van der Waals surface area contributed by atoms with Crippen molar-refractivity contribution < 1.29 is 0 Å². The highest BCUT2D eigenvalue weighted by molar-refractivity contribution is 6.35. The van der Waals surface area contributed by atoms with Crippen LogP contribution in [-0.2, 0) is 6.54 Å². The van der Waals surface area contributed by atoms with Crippen LogP contribution >= 0.6 is 23.2 Å². The fraction of sp³-hybridized carbons (Fsp3) is 0.562. The molecule has 0 saturated heterocycles. The molecule has 1 aromatic carbocycles. The van der Waals surface area contributed by atoms with E-state index in [1.165, 1.54) is 0 Å². The number of halogens is 2. The lowest BCUT2D eigenvalue weighted by Gasteiger charge is -2.28. The Morgan fingerprint density at radius 3 is 2.45 bits per heavy atom. The maximum atomic E-state index is 6.37. The molecule has 20 heavy (non-hydrogen) atoms. The molecule has 2 aromatic rings. The molecule has 0 aliphatic heterocycles. The summed E-state index contributed by atoms with van der Waals surface area (Å²) < 4.78 is 2.19. The van der Waals surface area contributed by atoms with Gasteiger partial charge in [-0.2, -0.15) is 0 Å². The normalized spacial score (nSPS) is 15.6. The van der Waals surface area contributed by atoms with Crippen molar-refractivity contribution in [3.05, 3.63) is 29.0 Å². The van der Waals surface area contributed by atoms with E-state index in [-0.39, 0.29) is 10.8 Å². The number of para-hydroxylation sites is 1. The van der Waals surface area contributed by atoms with E-state index in [2.05, 4.69) is 37.2 Å². The molecular formula is C16H22Cl2N2. The van der Waals surface area contributed by atoms with E-state index in [1.807, 2.05) is 25.1 Å². The fourth-order valence-electron chi connectivity index (χ4n) is 2.20. The highest BCUT2D eigenvalue weighted by atomic mass is 35.5. The zero-order valence-corrected chi connectivity index (χ0v) is 14.3. The molecule has 0 bridgehead atoms. The number of alkyl halides is 1. The molecule has 0 saturated carbocycles. The van der Waals surface area contributed by atoms with Gasteiger partial charge in [0.1, 0.15) is 5.82 Å². The number of rotatable bonds is 3. The summed E-state index contributed by atoms with van der Waals surface area (Å²) in [5.41, 5.74) is 2.14. The Hall–Kier alpha value is -0.730. The molecule has 110 valence electrons. The molecule has 0 aliphatic rings. The van der Waals surface area contributed by atoms with Gasteiger partial charge in [0.15, 0.2) is 0 Å². The van der Waals surface area contributed by atoms with E-state index < -0.39 is 0 Å². The van der Waals surface area contributed by atoms with Gasteiger partial charge in [0.05, 0.1) is 21.4 Å². The van der Waals surface area contributed by atoms with Gasteiger partial charge in [-0.3, -0.25) is 0 Å². The summed E-state index contributed by atoms with van der Waals surface area (Å²) in [6.45, 7) is 11.8. The van der Waals surface area contributed by atoms with Crippen LogP contribution < -0.4 is 0 Å². The second kappa shape index (κ2) is 5.57. The molecule has 2 unspecified atom stereocenters. The maximum Gasteiger partial charge on any atom is 0.127 e. The number of benzene rings is 1. The van der Waals surface area contributed by atoms with Crippen molar-refractivity contribution in [3.8, 4) is 0 Å². The second-order valence-electron chi connectivity index (χ2n) is 6.57. The smallest absolute Gasteiger partial charge is 0.127 e. The summed E-state index contributed by atoms with van der Waals surface area (Å²) in [6, 6.07) is 5.83. The van der Waals surface area contributed by atoms with Crippen LogP contribution in [0.5, 0.6) is 0 Å². The van der Waals surface area contributed by atoms with Crippen molar-refractivity contribution in [1.82, 2.24) is 9.55 Å². The van der Waals surface area contributed by atoms with Gasteiger partial charge in [0.2, 0.25) is 0 Å². The lowest BCUT2D eigenvalue weighted by Crippen LogP contribution is -2.23. The lowest BCUT2D eigenvalue weighted by molar-refractivity contribution is 0.233. The summed E-state index contributed by atoms with van der Waals surface area (Å²) in [5, 5.41) is 0.602. The Labute approximate surface area is 131 Å². The minimum atomic E-state index is -0.134. The third-order valence-corrected chi connectivity index (χ3v) is 4.54. The molecule has 2 rings (SSSR count). The highest BCUT2D eigenvalue weighted by Gasteiger charge is 2.24. The van der Waals surface area contributed by atoms with Crippen LogP contribution in [0.1, 0.15) is 45.8 Å². The molecule has 0 spiro atoms. The molecule has 2 atom stereocenters. The molecule has 1 aromatic heterocycles. The van der Waals surface area contributed by atoms with E-state index in [4.69, 9.17) is 23.2 Å². The van der Waals surface area contributed by atoms with Gasteiger partial charge in [0.25, 0.3) is 0 Å². The standard InChI is InChI=1S/C16H22Cl2N2/c1-10(16(3,4)5)9-20-14-12(18)7-6-8-13(14)19-15(20)11(2)17/h6-8,10-11H,9H2,1-5H3. The fourth-order valence-corrected chi connectivity index (χ4v) is 2.63. The van der Waals surface area contributed by atoms with Crippen LogP contribution in [0, 0.1) is 11.3 Å². The van der Waals surface area contributed by atoms with Gasteiger partial charge in [-0.05, 0) is 30.4 Å². The van der Waals surface area contributed by atoms with Crippen LogP contribution in [0.25, 0.3) is 11.0 Å². The van der Waals surface area contributed by atoms with Crippen molar-refractivity contribution in [2.24, 2.45) is 11.3 Å². The molecule has 4 heteroatoms. The quantitative estimate of drug-likeness (QED) is 0.667. The third-order valence-electron chi connectivity index (χ3n) is 4.04. The van der Waals surface area contributed by atoms with E-state index in [9.17, 15) is 0 Å². The number of hydrogen-bond acceptors (Lipinski definition) is 1. The zero-order valence-electron chi connectivity index (χ0n) is 12.7. The summed E-state index contributed by atoms with van der Waals surface area (Å²) in [7, 11) is 0. The van der Waals surface area contributed by atoms with Crippen LogP contribution in [0.4, 0.5) is 0 Å². The Morgan fingerprint density at radius 2 is 1.90 bits per heavy atom. The maximum absolute atomic E-state index is 6.37. The zero-order chi connectivity index (χ0) is 15.1. The van der Waals surface area contributed by atoms with Gasteiger partial charge in [0, 0.05) is 6.54 Å². The molecule has 0 amide bonds. The van der Waals surface area contributed by atoms with Gasteiger partial charge < -0.3 is 4.57 Å². The topological polar surface area (TPSA) is 17.8 Å². The van der Waals surface area contributed by atoms with Crippen molar-refractivity contribution in [1.29, 1.82) is 0 Å². The Bertz CT molecular complexity index is 609. The van der Waals surface area contributed by atoms with Gasteiger partial charge in [-0.15, -0.1) is 11.6 Å². The van der Waals surface area contributed by atoms with Gasteiger partial charge in [-0.25, -0.2) is 4.98 Å². The van der Waals surface area contributed by atoms with E-state index >= 15 is 0 Å². The average Bonchev–Trinajstić information content (AvgIpc) is 2.68. The first kappa shape index (κ1) is 15.7. The number of imidazole rings is 1. The number of fused-ring (bicyclic) bond motifs is 1. The number of aromatic nitrogens is 2. The van der Waals surface area contributed by atoms with Crippen molar-refractivity contribution in [2.45, 2.75) is 46.5 Å². The molecule has 0 aliphatic carbocycles. The van der Waals surface area contributed by atoms with Gasteiger partial charge in [-0.1, -0.05) is 45.4 Å². The molecular weight excluding hydrogens is 291 g/mol. The van der Waals surface area contributed by atoms with Crippen LogP contribution in [-0.4, -0.2) is 9.55 Å². The van der Waals surface area contributed by atoms with E-state index in [1.54, 1.807) is 0 Å². The first-order chi connectivity index (χ1) is 9.21. The summed E-state index contributed by atoms with van der Waals surface area (Å²) in [6.07, 6.45) is 0. The molecule has 1 heterocycles. The largest absolute Gasteiger partial charge is 0.325 e. The number of hydrogen-bond donors (Lipinski definition) is 0. The minimum absolute atomic E-state index is 0.134. The summed E-state index contributed by atoms with van der Waals surface area (Å²) >= 11 is 12.7. The highest BCUT2D eigenvalue weighted by Crippen LogP contribution is 2.33. The van der Waals surface area contributed by atoms with E-state index in [0.29, 0.717) is 5.92 Å². The first-order valence-electron chi connectivity index (χ1n) is 7.00. The van der Waals surface area contributed by atoms with Crippen molar-refractivity contribution >= 4 is 34.2 Å². The Balaban J connectivity index is 2.57. The van der Waals surface area contributed by atoms with Gasteiger partial charge >= 0.3 is 0 Å². The lowest BCUT2D eigenvalue weighted by atomic mass is 9.82. The minimum Gasteiger partial charge on any atom is -0.325 e.